The molecule has 2 aliphatic rings. The third-order valence-corrected chi connectivity index (χ3v) is 6.77. The average Bonchev–Trinajstić information content (AvgIpc) is 3.28. The summed E-state index contributed by atoms with van der Waals surface area (Å²) in [6.45, 7) is 3.86. The number of amides is 1. The van der Waals surface area contributed by atoms with Crippen molar-refractivity contribution in [3.63, 3.8) is 0 Å². The van der Waals surface area contributed by atoms with Crippen molar-refractivity contribution in [1.29, 1.82) is 0 Å². The van der Waals surface area contributed by atoms with Gasteiger partial charge in [-0.3, -0.25) is 4.79 Å². The van der Waals surface area contributed by atoms with E-state index >= 15 is 0 Å². The molecule has 0 bridgehead atoms. The van der Waals surface area contributed by atoms with E-state index in [1.165, 1.54) is 38.6 Å². The Labute approximate surface area is 177 Å². The van der Waals surface area contributed by atoms with Crippen LogP contribution in [0.3, 0.4) is 0 Å². The van der Waals surface area contributed by atoms with Crippen LogP contribution in [-0.4, -0.2) is 41.5 Å². The number of nitrogens with zero attached hydrogens (tertiary/aromatic N) is 2. The molecule has 0 spiro atoms. The number of thiazole rings is 1. The number of piperidine rings is 1. The van der Waals surface area contributed by atoms with Crippen molar-refractivity contribution >= 4 is 17.2 Å². The SMILES string of the molecule is O=C(NC1CCN(CC2CCCCC2)CC1)c1cccc(OCc2cscn2)c1. The quantitative estimate of drug-likeness (QED) is 0.726. The highest BCUT2D eigenvalue weighted by Gasteiger charge is 2.24. The van der Waals surface area contributed by atoms with E-state index < -0.39 is 0 Å². The second-order valence-electron chi connectivity index (χ2n) is 8.35. The Hall–Kier alpha value is -1.92. The fourth-order valence-corrected chi connectivity index (χ4v) is 5.00. The number of nitrogens with one attached hydrogen (secondary N) is 1. The van der Waals surface area contributed by atoms with Crippen LogP contribution in [0, 0.1) is 5.92 Å². The normalized spacial score (nSPS) is 19.2. The van der Waals surface area contributed by atoms with Gasteiger partial charge in [0.2, 0.25) is 0 Å². The minimum absolute atomic E-state index is 0.00478. The minimum atomic E-state index is -0.00478. The predicted octanol–water partition coefficient (Wildman–Crippen LogP) is 4.50. The van der Waals surface area contributed by atoms with Crippen LogP contribution in [0.2, 0.25) is 0 Å². The van der Waals surface area contributed by atoms with Gasteiger partial charge in [0.25, 0.3) is 5.91 Å². The lowest BCUT2D eigenvalue weighted by atomic mass is 9.88. The second-order valence-corrected chi connectivity index (χ2v) is 9.07. The Kier molecular flexibility index (Phi) is 7.17. The number of rotatable bonds is 7. The van der Waals surface area contributed by atoms with Crippen molar-refractivity contribution < 1.29 is 9.53 Å². The summed E-state index contributed by atoms with van der Waals surface area (Å²) in [7, 11) is 0. The van der Waals surface area contributed by atoms with Gasteiger partial charge < -0.3 is 15.0 Å². The van der Waals surface area contributed by atoms with Gasteiger partial charge in [0.1, 0.15) is 12.4 Å². The Morgan fingerprint density at radius 1 is 1.17 bits per heavy atom. The van der Waals surface area contributed by atoms with E-state index in [4.69, 9.17) is 4.74 Å². The number of likely N-dealkylation sites (tertiary alicyclic amines) is 1. The predicted molar refractivity (Wildman–Crippen MR) is 116 cm³/mol. The summed E-state index contributed by atoms with van der Waals surface area (Å²) in [5, 5.41) is 5.19. The summed E-state index contributed by atoms with van der Waals surface area (Å²) >= 11 is 1.55. The zero-order valence-corrected chi connectivity index (χ0v) is 17.8. The molecule has 0 radical (unpaired) electrons. The topological polar surface area (TPSA) is 54.5 Å². The molecule has 6 heteroatoms. The molecule has 2 aromatic rings. The molecule has 0 unspecified atom stereocenters. The van der Waals surface area contributed by atoms with E-state index in [0.29, 0.717) is 17.9 Å². The number of carbonyl (C=O) groups is 1. The van der Waals surface area contributed by atoms with Crippen LogP contribution in [0.5, 0.6) is 5.75 Å². The van der Waals surface area contributed by atoms with Crippen molar-refractivity contribution in [3.05, 3.63) is 46.4 Å². The van der Waals surface area contributed by atoms with E-state index in [1.807, 2.05) is 29.6 Å². The van der Waals surface area contributed by atoms with E-state index in [0.717, 1.165) is 37.5 Å². The third kappa shape index (κ3) is 6.03. The zero-order valence-electron chi connectivity index (χ0n) is 17.0. The molecular weight excluding hydrogens is 382 g/mol. The summed E-state index contributed by atoms with van der Waals surface area (Å²) < 4.78 is 5.77. The van der Waals surface area contributed by atoms with Crippen molar-refractivity contribution in [3.8, 4) is 5.75 Å². The van der Waals surface area contributed by atoms with Crippen molar-refractivity contribution in [2.45, 2.75) is 57.6 Å². The van der Waals surface area contributed by atoms with Crippen LogP contribution in [0.4, 0.5) is 0 Å². The highest BCUT2D eigenvalue weighted by molar-refractivity contribution is 7.07. The Balaban J connectivity index is 1.22. The van der Waals surface area contributed by atoms with Gasteiger partial charge in [-0.25, -0.2) is 4.98 Å². The van der Waals surface area contributed by atoms with Crippen LogP contribution in [0.15, 0.2) is 35.2 Å². The molecule has 1 aliphatic carbocycles. The Morgan fingerprint density at radius 3 is 2.76 bits per heavy atom. The third-order valence-electron chi connectivity index (χ3n) is 6.13. The molecule has 1 aromatic carbocycles. The van der Waals surface area contributed by atoms with Gasteiger partial charge in [-0.1, -0.05) is 25.3 Å². The number of ether oxygens (including phenoxy) is 1. The fourth-order valence-electron chi connectivity index (χ4n) is 4.46. The molecule has 1 saturated carbocycles. The van der Waals surface area contributed by atoms with Crippen molar-refractivity contribution in [2.75, 3.05) is 19.6 Å². The molecule has 156 valence electrons. The van der Waals surface area contributed by atoms with Crippen LogP contribution in [0.25, 0.3) is 0 Å². The van der Waals surface area contributed by atoms with Crippen LogP contribution in [0.1, 0.15) is 61.0 Å². The van der Waals surface area contributed by atoms with Crippen molar-refractivity contribution in [1.82, 2.24) is 15.2 Å². The first kappa shape index (κ1) is 20.4. The lowest BCUT2D eigenvalue weighted by molar-refractivity contribution is 0.0901. The Morgan fingerprint density at radius 2 is 2.00 bits per heavy atom. The summed E-state index contributed by atoms with van der Waals surface area (Å²) in [5.41, 5.74) is 3.36. The van der Waals surface area contributed by atoms with E-state index in [-0.39, 0.29) is 11.9 Å². The summed E-state index contributed by atoms with van der Waals surface area (Å²) in [6, 6.07) is 7.69. The first-order valence-electron chi connectivity index (χ1n) is 10.9. The number of carbonyl (C=O) groups excluding carboxylic acids is 1. The molecule has 0 atom stereocenters. The van der Waals surface area contributed by atoms with Gasteiger partial charge in [-0.15, -0.1) is 11.3 Å². The molecule has 1 amide bonds. The molecule has 1 aliphatic heterocycles. The second kappa shape index (κ2) is 10.2. The molecule has 1 saturated heterocycles. The highest BCUT2D eigenvalue weighted by Crippen LogP contribution is 2.25. The van der Waals surface area contributed by atoms with Crippen LogP contribution in [-0.2, 0) is 6.61 Å². The number of aromatic nitrogens is 1. The first-order chi connectivity index (χ1) is 14.3. The largest absolute Gasteiger partial charge is 0.487 e. The maximum atomic E-state index is 12.7. The Bertz CT molecular complexity index is 766. The van der Waals surface area contributed by atoms with Crippen LogP contribution >= 0.6 is 11.3 Å². The molecule has 1 aromatic heterocycles. The van der Waals surface area contributed by atoms with Gasteiger partial charge in [0.15, 0.2) is 0 Å². The van der Waals surface area contributed by atoms with Crippen LogP contribution < -0.4 is 10.1 Å². The standard InChI is InChI=1S/C23H31N3O2S/c27-23(19-7-4-8-22(13-19)28-15-21-16-29-17-24-21)25-20-9-11-26(12-10-20)14-18-5-2-1-3-6-18/h4,7-8,13,16-18,20H,1-3,5-6,9-12,14-15H2,(H,25,27). The number of hydrogen-bond donors (Lipinski definition) is 1. The minimum Gasteiger partial charge on any atom is -0.487 e. The van der Waals surface area contributed by atoms with Gasteiger partial charge in [0.05, 0.1) is 11.2 Å². The van der Waals surface area contributed by atoms with Crippen molar-refractivity contribution in [2.24, 2.45) is 5.92 Å². The summed E-state index contributed by atoms with van der Waals surface area (Å²) in [5.74, 6) is 1.59. The van der Waals surface area contributed by atoms with Gasteiger partial charge in [-0.05, 0) is 49.8 Å². The molecule has 29 heavy (non-hydrogen) atoms. The molecular formula is C23H31N3O2S. The smallest absolute Gasteiger partial charge is 0.251 e. The molecule has 1 N–H and O–H groups in total. The fraction of sp³-hybridized carbons (Fsp3) is 0.565. The maximum absolute atomic E-state index is 12.7. The van der Waals surface area contributed by atoms with E-state index in [9.17, 15) is 4.79 Å². The van der Waals surface area contributed by atoms with Gasteiger partial charge >= 0.3 is 0 Å². The molecule has 5 nitrogen and oxygen atoms in total. The molecule has 4 rings (SSSR count). The van der Waals surface area contributed by atoms with Gasteiger partial charge in [0, 0.05) is 36.6 Å². The van der Waals surface area contributed by atoms with E-state index in [1.54, 1.807) is 16.8 Å². The zero-order chi connectivity index (χ0) is 19.9. The highest BCUT2D eigenvalue weighted by atomic mass is 32.1. The summed E-state index contributed by atoms with van der Waals surface area (Å²) in [6.07, 6.45) is 9.11. The average molecular weight is 414 g/mol. The molecule has 2 fully saturated rings. The van der Waals surface area contributed by atoms with Gasteiger partial charge in [-0.2, -0.15) is 0 Å². The first-order valence-corrected chi connectivity index (χ1v) is 11.8. The monoisotopic (exact) mass is 413 g/mol. The molecule has 2 heterocycles. The maximum Gasteiger partial charge on any atom is 0.251 e. The number of hydrogen-bond acceptors (Lipinski definition) is 5. The lowest BCUT2D eigenvalue weighted by Gasteiger charge is -2.35. The van der Waals surface area contributed by atoms with E-state index in [2.05, 4.69) is 15.2 Å². The number of benzene rings is 1. The lowest BCUT2D eigenvalue weighted by Crippen LogP contribution is -2.45. The summed E-state index contributed by atoms with van der Waals surface area (Å²) in [4.78, 5) is 19.5.